The molecule has 1 aromatic heterocycles. The lowest BCUT2D eigenvalue weighted by atomic mass is 10.0. The van der Waals surface area contributed by atoms with E-state index in [2.05, 4.69) is 4.98 Å². The first-order chi connectivity index (χ1) is 7.34. The first-order valence-corrected chi connectivity index (χ1v) is 5.48. The molecule has 0 N–H and O–H groups in total. The summed E-state index contributed by atoms with van der Waals surface area (Å²) in [5.74, 6) is 1.36. The second-order valence-corrected chi connectivity index (χ2v) is 4.04. The Morgan fingerprint density at radius 3 is 2.87 bits per heavy atom. The van der Waals surface area contributed by atoms with Crippen LogP contribution in [0.5, 0.6) is 5.88 Å². The minimum Gasteiger partial charge on any atom is -0.477 e. The SMILES string of the molecule is Cc1ccc(OCC2CCOCC2)nc1. The summed E-state index contributed by atoms with van der Waals surface area (Å²) < 4.78 is 10.9. The molecule has 3 heteroatoms. The molecule has 0 bridgehead atoms. The van der Waals surface area contributed by atoms with Crippen LogP contribution in [0, 0.1) is 12.8 Å². The molecule has 0 amide bonds. The number of rotatable bonds is 3. The van der Waals surface area contributed by atoms with Gasteiger partial charge in [-0.3, -0.25) is 0 Å². The predicted octanol–water partition coefficient (Wildman–Crippen LogP) is 2.20. The molecule has 1 aliphatic heterocycles. The van der Waals surface area contributed by atoms with E-state index < -0.39 is 0 Å². The molecule has 2 heterocycles. The first kappa shape index (κ1) is 10.4. The van der Waals surface area contributed by atoms with E-state index in [9.17, 15) is 0 Å². The van der Waals surface area contributed by atoms with Gasteiger partial charge in [-0.2, -0.15) is 0 Å². The average molecular weight is 207 g/mol. The summed E-state index contributed by atoms with van der Waals surface area (Å²) in [4.78, 5) is 4.21. The van der Waals surface area contributed by atoms with E-state index >= 15 is 0 Å². The average Bonchev–Trinajstić information content (AvgIpc) is 2.30. The number of hydrogen-bond donors (Lipinski definition) is 0. The molecule has 1 saturated heterocycles. The van der Waals surface area contributed by atoms with Crippen LogP contribution in [-0.4, -0.2) is 24.8 Å². The fourth-order valence-corrected chi connectivity index (χ4v) is 1.66. The molecule has 0 spiro atoms. The van der Waals surface area contributed by atoms with Crippen molar-refractivity contribution in [3.63, 3.8) is 0 Å². The third-order valence-electron chi connectivity index (χ3n) is 2.69. The van der Waals surface area contributed by atoms with Gasteiger partial charge in [0.2, 0.25) is 5.88 Å². The van der Waals surface area contributed by atoms with Crippen LogP contribution < -0.4 is 4.74 Å². The fourth-order valence-electron chi connectivity index (χ4n) is 1.66. The lowest BCUT2D eigenvalue weighted by molar-refractivity contribution is 0.0490. The molecule has 0 aromatic carbocycles. The number of nitrogens with zero attached hydrogens (tertiary/aromatic N) is 1. The third kappa shape index (κ3) is 3.20. The summed E-state index contributed by atoms with van der Waals surface area (Å²) in [6, 6.07) is 3.95. The number of pyridine rings is 1. The van der Waals surface area contributed by atoms with Crippen molar-refractivity contribution >= 4 is 0 Å². The lowest BCUT2D eigenvalue weighted by Crippen LogP contribution is -2.21. The summed E-state index contributed by atoms with van der Waals surface area (Å²) in [6.45, 7) is 4.53. The summed E-state index contributed by atoms with van der Waals surface area (Å²) in [5.41, 5.74) is 1.16. The van der Waals surface area contributed by atoms with Crippen molar-refractivity contribution in [2.45, 2.75) is 19.8 Å². The standard InChI is InChI=1S/C12H17NO2/c1-10-2-3-12(13-8-10)15-9-11-4-6-14-7-5-11/h2-3,8,11H,4-7,9H2,1H3. The molecule has 0 aliphatic carbocycles. The molecule has 0 saturated carbocycles. The molecular formula is C12H17NO2. The Morgan fingerprint density at radius 1 is 1.40 bits per heavy atom. The molecule has 82 valence electrons. The summed E-state index contributed by atoms with van der Waals surface area (Å²) in [6.07, 6.45) is 4.04. The second-order valence-electron chi connectivity index (χ2n) is 4.04. The molecule has 1 fully saturated rings. The first-order valence-electron chi connectivity index (χ1n) is 5.48. The molecule has 0 radical (unpaired) electrons. The van der Waals surface area contributed by atoms with Crippen molar-refractivity contribution in [2.24, 2.45) is 5.92 Å². The molecule has 15 heavy (non-hydrogen) atoms. The Balaban J connectivity index is 1.79. The van der Waals surface area contributed by atoms with Gasteiger partial charge in [-0.05, 0) is 31.2 Å². The highest BCUT2D eigenvalue weighted by Gasteiger charge is 2.14. The van der Waals surface area contributed by atoms with Gasteiger partial charge in [-0.1, -0.05) is 6.07 Å². The zero-order chi connectivity index (χ0) is 10.5. The molecule has 3 nitrogen and oxygen atoms in total. The van der Waals surface area contributed by atoms with Crippen molar-refractivity contribution in [3.05, 3.63) is 23.9 Å². The Labute approximate surface area is 90.4 Å². The van der Waals surface area contributed by atoms with Crippen LogP contribution in [0.4, 0.5) is 0 Å². The topological polar surface area (TPSA) is 31.4 Å². The van der Waals surface area contributed by atoms with Crippen molar-refractivity contribution in [1.29, 1.82) is 0 Å². The van der Waals surface area contributed by atoms with Crippen LogP contribution >= 0.6 is 0 Å². The van der Waals surface area contributed by atoms with Gasteiger partial charge in [0.25, 0.3) is 0 Å². The Kier molecular flexibility index (Phi) is 3.56. The third-order valence-corrected chi connectivity index (χ3v) is 2.69. The van der Waals surface area contributed by atoms with Gasteiger partial charge in [0, 0.05) is 25.5 Å². The minimum absolute atomic E-state index is 0.627. The zero-order valence-corrected chi connectivity index (χ0v) is 9.11. The van der Waals surface area contributed by atoms with E-state index in [1.54, 1.807) is 0 Å². The molecule has 1 aliphatic rings. The molecule has 0 atom stereocenters. The van der Waals surface area contributed by atoms with Crippen molar-refractivity contribution in [3.8, 4) is 5.88 Å². The number of hydrogen-bond acceptors (Lipinski definition) is 3. The predicted molar refractivity (Wildman–Crippen MR) is 58.0 cm³/mol. The number of ether oxygens (including phenoxy) is 2. The number of aromatic nitrogens is 1. The Bertz CT molecular complexity index is 291. The van der Waals surface area contributed by atoms with Gasteiger partial charge in [0.05, 0.1) is 6.61 Å². The Hall–Kier alpha value is -1.09. The van der Waals surface area contributed by atoms with E-state index in [0.29, 0.717) is 5.92 Å². The quantitative estimate of drug-likeness (QED) is 0.761. The minimum atomic E-state index is 0.627. The summed E-state index contributed by atoms with van der Waals surface area (Å²) in [5, 5.41) is 0. The lowest BCUT2D eigenvalue weighted by Gasteiger charge is -2.21. The van der Waals surface area contributed by atoms with Crippen LogP contribution in [0.15, 0.2) is 18.3 Å². The molecule has 1 aromatic rings. The molecule has 2 rings (SSSR count). The van der Waals surface area contributed by atoms with E-state index in [1.165, 1.54) is 0 Å². The molecular weight excluding hydrogens is 190 g/mol. The van der Waals surface area contributed by atoms with E-state index in [-0.39, 0.29) is 0 Å². The van der Waals surface area contributed by atoms with Crippen LogP contribution in [0.2, 0.25) is 0 Å². The Morgan fingerprint density at radius 2 is 2.20 bits per heavy atom. The van der Waals surface area contributed by atoms with E-state index in [1.807, 2.05) is 25.3 Å². The van der Waals surface area contributed by atoms with Crippen molar-refractivity contribution < 1.29 is 9.47 Å². The van der Waals surface area contributed by atoms with E-state index in [4.69, 9.17) is 9.47 Å². The summed E-state index contributed by atoms with van der Waals surface area (Å²) >= 11 is 0. The van der Waals surface area contributed by atoms with E-state index in [0.717, 1.165) is 44.1 Å². The van der Waals surface area contributed by atoms with Gasteiger partial charge in [0.1, 0.15) is 0 Å². The van der Waals surface area contributed by atoms with Crippen LogP contribution in [-0.2, 0) is 4.74 Å². The van der Waals surface area contributed by atoms with Crippen LogP contribution in [0.3, 0.4) is 0 Å². The maximum atomic E-state index is 5.63. The highest BCUT2D eigenvalue weighted by atomic mass is 16.5. The monoisotopic (exact) mass is 207 g/mol. The summed E-state index contributed by atoms with van der Waals surface area (Å²) in [7, 11) is 0. The highest BCUT2D eigenvalue weighted by Crippen LogP contribution is 2.16. The van der Waals surface area contributed by atoms with Gasteiger partial charge < -0.3 is 9.47 Å². The van der Waals surface area contributed by atoms with Gasteiger partial charge in [-0.25, -0.2) is 4.98 Å². The van der Waals surface area contributed by atoms with Crippen LogP contribution in [0.25, 0.3) is 0 Å². The zero-order valence-electron chi connectivity index (χ0n) is 9.11. The highest BCUT2D eigenvalue weighted by molar-refractivity contribution is 5.16. The van der Waals surface area contributed by atoms with Gasteiger partial charge in [-0.15, -0.1) is 0 Å². The smallest absolute Gasteiger partial charge is 0.213 e. The number of aryl methyl sites for hydroxylation is 1. The largest absolute Gasteiger partial charge is 0.477 e. The molecule has 0 unspecified atom stereocenters. The maximum Gasteiger partial charge on any atom is 0.213 e. The fraction of sp³-hybridized carbons (Fsp3) is 0.583. The second kappa shape index (κ2) is 5.12. The van der Waals surface area contributed by atoms with Gasteiger partial charge in [0.15, 0.2) is 0 Å². The van der Waals surface area contributed by atoms with Crippen molar-refractivity contribution in [1.82, 2.24) is 4.98 Å². The van der Waals surface area contributed by atoms with Crippen LogP contribution in [0.1, 0.15) is 18.4 Å². The maximum absolute atomic E-state index is 5.63. The normalized spacial score (nSPS) is 17.7. The van der Waals surface area contributed by atoms with Gasteiger partial charge >= 0.3 is 0 Å². The van der Waals surface area contributed by atoms with Crippen molar-refractivity contribution in [2.75, 3.05) is 19.8 Å².